The van der Waals surface area contributed by atoms with Crippen molar-refractivity contribution >= 4 is 15.9 Å². The van der Waals surface area contributed by atoms with Crippen LogP contribution in [0.1, 0.15) is 45.1 Å². The van der Waals surface area contributed by atoms with Crippen molar-refractivity contribution in [3.8, 4) is 0 Å². The lowest BCUT2D eigenvalue weighted by Crippen LogP contribution is -2.36. The number of aromatic nitrogens is 5. The second kappa shape index (κ2) is 5.65. The maximum atomic E-state index is 4.41. The molecule has 20 heavy (non-hydrogen) atoms. The molecule has 0 aromatic carbocycles. The van der Waals surface area contributed by atoms with Gasteiger partial charge in [-0.15, -0.1) is 5.10 Å². The number of hydrogen-bond donors (Lipinski definition) is 1. The summed E-state index contributed by atoms with van der Waals surface area (Å²) >= 11 is 3.51. The first-order chi connectivity index (χ1) is 9.29. The van der Waals surface area contributed by atoms with Crippen molar-refractivity contribution in [2.24, 2.45) is 7.05 Å². The van der Waals surface area contributed by atoms with Crippen LogP contribution in [0.15, 0.2) is 16.9 Å². The van der Waals surface area contributed by atoms with E-state index in [1.165, 1.54) is 0 Å². The number of nitrogens with one attached hydrogen (secondary N) is 1. The molecule has 6 nitrogen and oxygen atoms in total. The van der Waals surface area contributed by atoms with Crippen LogP contribution >= 0.6 is 15.9 Å². The molecule has 0 amide bonds. The Morgan fingerprint density at radius 2 is 2.05 bits per heavy atom. The molecule has 110 valence electrons. The lowest BCUT2D eigenvalue weighted by molar-refractivity contribution is 0.386. The minimum absolute atomic E-state index is 0.260. The fourth-order valence-electron chi connectivity index (χ4n) is 1.84. The second-order valence-corrected chi connectivity index (χ2v) is 6.61. The quantitative estimate of drug-likeness (QED) is 0.907. The van der Waals surface area contributed by atoms with Gasteiger partial charge >= 0.3 is 0 Å². The Morgan fingerprint density at radius 3 is 2.55 bits per heavy atom. The summed E-state index contributed by atoms with van der Waals surface area (Å²) in [7, 11) is 1.91. The van der Waals surface area contributed by atoms with E-state index >= 15 is 0 Å². The average molecular weight is 341 g/mol. The summed E-state index contributed by atoms with van der Waals surface area (Å²) in [6.45, 7) is 9.04. The van der Waals surface area contributed by atoms with Crippen LogP contribution in [-0.2, 0) is 19.1 Å². The molecule has 7 heteroatoms. The van der Waals surface area contributed by atoms with Crippen molar-refractivity contribution in [1.29, 1.82) is 0 Å². The van der Waals surface area contributed by atoms with E-state index in [0.29, 0.717) is 12.6 Å². The number of aryl methyl sites for hydroxylation is 1. The third-order valence-electron chi connectivity index (χ3n) is 3.23. The Balaban J connectivity index is 2.08. The zero-order chi connectivity index (χ0) is 14.9. The van der Waals surface area contributed by atoms with Crippen LogP contribution in [0.5, 0.6) is 0 Å². The second-order valence-electron chi connectivity index (χ2n) is 5.75. The molecule has 0 saturated heterocycles. The molecule has 2 heterocycles. The zero-order valence-electron chi connectivity index (χ0n) is 12.6. The normalized spacial score (nSPS) is 12.3. The van der Waals surface area contributed by atoms with Gasteiger partial charge in [0.25, 0.3) is 0 Å². The van der Waals surface area contributed by atoms with Gasteiger partial charge in [0.15, 0.2) is 0 Å². The average Bonchev–Trinajstić information content (AvgIpc) is 2.94. The van der Waals surface area contributed by atoms with Gasteiger partial charge in [-0.05, 0) is 43.6 Å². The Kier molecular flexibility index (Phi) is 4.29. The number of nitrogens with zero attached hydrogens (tertiary/aromatic N) is 5. The molecule has 2 aromatic rings. The first-order valence-corrected chi connectivity index (χ1v) is 7.44. The van der Waals surface area contributed by atoms with Gasteiger partial charge in [-0.3, -0.25) is 4.68 Å². The maximum Gasteiger partial charge on any atom is 0.102 e. The molecule has 0 saturated carbocycles. The molecule has 0 aliphatic carbocycles. The zero-order valence-corrected chi connectivity index (χ0v) is 14.1. The molecule has 2 rings (SSSR count). The van der Waals surface area contributed by atoms with Gasteiger partial charge in [-0.1, -0.05) is 5.21 Å². The summed E-state index contributed by atoms with van der Waals surface area (Å²) in [5.41, 5.74) is 1.65. The van der Waals surface area contributed by atoms with Gasteiger partial charge in [0.2, 0.25) is 0 Å². The molecule has 0 atom stereocenters. The molecule has 0 aliphatic heterocycles. The van der Waals surface area contributed by atoms with Crippen molar-refractivity contribution in [2.45, 2.75) is 45.8 Å². The van der Waals surface area contributed by atoms with Crippen molar-refractivity contribution in [3.63, 3.8) is 0 Å². The summed E-state index contributed by atoms with van der Waals surface area (Å²) in [5, 5.41) is 16.3. The van der Waals surface area contributed by atoms with Crippen LogP contribution < -0.4 is 5.32 Å². The van der Waals surface area contributed by atoms with E-state index in [1.54, 1.807) is 4.68 Å². The van der Waals surface area contributed by atoms with Gasteiger partial charge in [-0.25, -0.2) is 4.68 Å². The Labute approximate surface area is 127 Å². The largest absolute Gasteiger partial charge is 0.301 e. The van der Waals surface area contributed by atoms with Crippen molar-refractivity contribution in [1.82, 2.24) is 30.1 Å². The SMILES string of the molecule is CC(C)n1cc(C(C)(C)NCc2nn(C)cc2Br)nn1. The minimum Gasteiger partial charge on any atom is -0.301 e. The Morgan fingerprint density at radius 1 is 1.35 bits per heavy atom. The molecule has 1 N–H and O–H groups in total. The van der Waals surface area contributed by atoms with Crippen molar-refractivity contribution < 1.29 is 0 Å². The standard InChI is InChI=1S/C13H21BrN6/c1-9(2)20-8-12(16-18-20)13(3,4)15-6-11-10(14)7-19(5)17-11/h7-9,15H,6H2,1-5H3. The van der Waals surface area contributed by atoms with Gasteiger partial charge in [0, 0.05) is 25.8 Å². The smallest absolute Gasteiger partial charge is 0.102 e. The molecule has 0 spiro atoms. The fraction of sp³-hybridized carbons (Fsp3) is 0.615. The van der Waals surface area contributed by atoms with E-state index in [2.05, 4.69) is 64.4 Å². The number of halogens is 1. The van der Waals surface area contributed by atoms with E-state index < -0.39 is 0 Å². The predicted molar refractivity (Wildman–Crippen MR) is 81.2 cm³/mol. The van der Waals surface area contributed by atoms with E-state index in [4.69, 9.17) is 0 Å². The predicted octanol–water partition coefficient (Wildman–Crippen LogP) is 2.38. The minimum atomic E-state index is -0.260. The van der Waals surface area contributed by atoms with Crippen LogP contribution in [0.3, 0.4) is 0 Å². The third-order valence-corrected chi connectivity index (χ3v) is 3.89. The van der Waals surface area contributed by atoms with Gasteiger partial charge in [0.1, 0.15) is 5.69 Å². The Bertz CT molecular complexity index is 583. The molecule has 0 unspecified atom stereocenters. The monoisotopic (exact) mass is 340 g/mol. The first kappa shape index (κ1) is 15.2. The van der Waals surface area contributed by atoms with Crippen molar-refractivity contribution in [2.75, 3.05) is 0 Å². The molecular formula is C13H21BrN6. The highest BCUT2D eigenvalue weighted by molar-refractivity contribution is 9.10. The van der Waals surface area contributed by atoms with Crippen LogP contribution in [0.2, 0.25) is 0 Å². The van der Waals surface area contributed by atoms with Crippen molar-refractivity contribution in [3.05, 3.63) is 28.3 Å². The summed E-state index contributed by atoms with van der Waals surface area (Å²) in [6, 6.07) is 0.317. The van der Waals surface area contributed by atoms with E-state index in [0.717, 1.165) is 15.9 Å². The molecule has 0 fully saturated rings. The van der Waals surface area contributed by atoms with Gasteiger partial charge in [-0.2, -0.15) is 5.10 Å². The summed E-state index contributed by atoms with van der Waals surface area (Å²) < 4.78 is 4.67. The molecular weight excluding hydrogens is 320 g/mol. The van der Waals surface area contributed by atoms with E-state index in [-0.39, 0.29) is 5.54 Å². The van der Waals surface area contributed by atoms with Crippen LogP contribution in [0, 0.1) is 0 Å². The topological polar surface area (TPSA) is 60.6 Å². The first-order valence-electron chi connectivity index (χ1n) is 6.65. The van der Waals surface area contributed by atoms with Crippen LogP contribution in [-0.4, -0.2) is 24.8 Å². The summed E-state index contributed by atoms with van der Waals surface area (Å²) in [6.07, 6.45) is 3.93. The van der Waals surface area contributed by atoms with Crippen LogP contribution in [0.4, 0.5) is 0 Å². The number of hydrogen-bond acceptors (Lipinski definition) is 4. The highest BCUT2D eigenvalue weighted by Crippen LogP contribution is 2.20. The third kappa shape index (κ3) is 3.27. The molecule has 0 radical (unpaired) electrons. The van der Waals surface area contributed by atoms with E-state index in [9.17, 15) is 0 Å². The summed E-state index contributed by atoms with van der Waals surface area (Å²) in [5.74, 6) is 0. The highest BCUT2D eigenvalue weighted by atomic mass is 79.9. The Hall–Kier alpha value is -1.21. The molecule has 0 bridgehead atoms. The maximum absolute atomic E-state index is 4.41. The van der Waals surface area contributed by atoms with Gasteiger partial charge < -0.3 is 5.32 Å². The summed E-state index contributed by atoms with van der Waals surface area (Å²) in [4.78, 5) is 0. The number of rotatable bonds is 5. The fourth-order valence-corrected chi connectivity index (χ4v) is 2.35. The van der Waals surface area contributed by atoms with E-state index in [1.807, 2.05) is 24.1 Å². The highest BCUT2D eigenvalue weighted by Gasteiger charge is 2.24. The van der Waals surface area contributed by atoms with Crippen LogP contribution in [0.25, 0.3) is 0 Å². The lowest BCUT2D eigenvalue weighted by Gasteiger charge is -2.23. The van der Waals surface area contributed by atoms with Gasteiger partial charge in [0.05, 0.1) is 21.9 Å². The molecule has 2 aromatic heterocycles. The lowest BCUT2D eigenvalue weighted by atomic mass is 10.0. The molecule has 0 aliphatic rings.